The molecule has 1 aromatic heterocycles. The Kier molecular flexibility index (Phi) is 4.85. The molecule has 1 spiro atoms. The third-order valence-electron chi connectivity index (χ3n) is 6.68. The van der Waals surface area contributed by atoms with Crippen LogP contribution in [0.2, 0.25) is 0 Å². The van der Waals surface area contributed by atoms with Gasteiger partial charge in [-0.3, -0.25) is 0 Å². The van der Waals surface area contributed by atoms with Crippen LogP contribution in [0.4, 0.5) is 11.8 Å². The van der Waals surface area contributed by atoms with Crippen molar-refractivity contribution in [3.63, 3.8) is 0 Å². The predicted molar refractivity (Wildman–Crippen MR) is 103 cm³/mol. The lowest BCUT2D eigenvalue weighted by molar-refractivity contribution is 0.335. The maximum absolute atomic E-state index is 6.14. The number of nitrogen functional groups attached to an aromatic ring is 1. The van der Waals surface area contributed by atoms with Gasteiger partial charge in [-0.1, -0.05) is 12.8 Å². The number of rotatable bonds is 5. The normalized spacial score (nSPS) is 22.4. The molecule has 1 saturated carbocycles. The van der Waals surface area contributed by atoms with Crippen LogP contribution >= 0.6 is 0 Å². The highest BCUT2D eigenvalue weighted by Gasteiger charge is 2.42. The summed E-state index contributed by atoms with van der Waals surface area (Å²) < 4.78 is 0. The van der Waals surface area contributed by atoms with E-state index in [0.29, 0.717) is 11.4 Å². The van der Waals surface area contributed by atoms with Gasteiger partial charge in [0.25, 0.3) is 0 Å². The third-order valence-corrected chi connectivity index (χ3v) is 6.68. The molecule has 25 heavy (non-hydrogen) atoms. The standard InChI is InChI=1S/C20H33N5/c1-24(12-7-15-25-13-4-5-14-25)18-16-8-6-11-20(9-2-3-10-20)17(16)22-19(21)23-18/h2-15H2,1H3,(H2,21,22,23). The second kappa shape index (κ2) is 7.10. The van der Waals surface area contributed by atoms with Crippen LogP contribution in [0.1, 0.15) is 69.0 Å². The number of anilines is 2. The van der Waals surface area contributed by atoms with E-state index in [1.807, 2.05) is 0 Å². The lowest BCUT2D eigenvalue weighted by Gasteiger charge is -2.36. The van der Waals surface area contributed by atoms with Gasteiger partial charge in [-0.15, -0.1) is 0 Å². The van der Waals surface area contributed by atoms with Crippen LogP contribution < -0.4 is 10.6 Å². The van der Waals surface area contributed by atoms with Gasteiger partial charge in [0, 0.05) is 24.6 Å². The van der Waals surface area contributed by atoms with E-state index in [1.54, 1.807) is 0 Å². The van der Waals surface area contributed by atoms with Gasteiger partial charge in [0.05, 0.1) is 5.69 Å². The molecule has 0 radical (unpaired) electrons. The van der Waals surface area contributed by atoms with Crippen molar-refractivity contribution in [2.75, 3.05) is 43.9 Å². The summed E-state index contributed by atoms with van der Waals surface area (Å²) in [6.07, 6.45) is 12.9. The van der Waals surface area contributed by atoms with Crippen molar-refractivity contribution in [1.82, 2.24) is 14.9 Å². The van der Waals surface area contributed by atoms with E-state index in [0.717, 1.165) is 18.8 Å². The van der Waals surface area contributed by atoms with Crippen molar-refractivity contribution in [1.29, 1.82) is 0 Å². The average molecular weight is 344 g/mol. The van der Waals surface area contributed by atoms with Crippen molar-refractivity contribution >= 4 is 11.8 Å². The number of hydrogen-bond donors (Lipinski definition) is 1. The second-order valence-electron chi connectivity index (χ2n) is 8.40. The SMILES string of the molecule is CN(CCCN1CCCC1)c1nc(N)nc2c1CCCC21CCCC1. The maximum atomic E-state index is 6.14. The van der Waals surface area contributed by atoms with Crippen molar-refractivity contribution in [2.24, 2.45) is 0 Å². The number of hydrogen-bond acceptors (Lipinski definition) is 5. The van der Waals surface area contributed by atoms with E-state index in [2.05, 4.69) is 21.8 Å². The average Bonchev–Trinajstić information content (AvgIpc) is 3.28. The van der Waals surface area contributed by atoms with Gasteiger partial charge in [0.15, 0.2) is 0 Å². The zero-order valence-electron chi connectivity index (χ0n) is 15.8. The number of likely N-dealkylation sites (tertiary alicyclic amines) is 1. The lowest BCUT2D eigenvalue weighted by atomic mass is 9.71. The second-order valence-corrected chi connectivity index (χ2v) is 8.40. The molecule has 2 N–H and O–H groups in total. The lowest BCUT2D eigenvalue weighted by Crippen LogP contribution is -2.33. The maximum Gasteiger partial charge on any atom is 0.222 e. The van der Waals surface area contributed by atoms with Crippen LogP contribution in [0.15, 0.2) is 0 Å². The first-order valence-corrected chi connectivity index (χ1v) is 10.3. The Morgan fingerprint density at radius 1 is 1.04 bits per heavy atom. The molecule has 0 aromatic carbocycles. The Hall–Kier alpha value is -1.36. The third kappa shape index (κ3) is 3.35. The quantitative estimate of drug-likeness (QED) is 0.890. The molecule has 1 aliphatic heterocycles. The summed E-state index contributed by atoms with van der Waals surface area (Å²) in [5.74, 6) is 1.57. The van der Waals surface area contributed by atoms with Crippen molar-refractivity contribution in [2.45, 2.75) is 69.6 Å². The Labute approximate surface area is 152 Å². The minimum atomic E-state index is 0.301. The highest BCUT2D eigenvalue weighted by molar-refractivity contribution is 5.54. The van der Waals surface area contributed by atoms with E-state index in [1.165, 1.54) is 88.7 Å². The summed E-state index contributed by atoms with van der Waals surface area (Å²) in [4.78, 5) is 14.4. The van der Waals surface area contributed by atoms with Gasteiger partial charge < -0.3 is 15.5 Å². The molecule has 2 heterocycles. The topological polar surface area (TPSA) is 58.3 Å². The molecule has 5 nitrogen and oxygen atoms in total. The Morgan fingerprint density at radius 2 is 1.76 bits per heavy atom. The van der Waals surface area contributed by atoms with Crippen LogP contribution in [0, 0.1) is 0 Å². The fourth-order valence-electron chi connectivity index (χ4n) is 5.38. The Bertz CT molecular complexity index is 602. The first-order chi connectivity index (χ1) is 12.2. The van der Waals surface area contributed by atoms with Crippen molar-refractivity contribution in [3.8, 4) is 0 Å². The molecular weight excluding hydrogens is 310 g/mol. The summed E-state index contributed by atoms with van der Waals surface area (Å²) in [7, 11) is 2.18. The molecule has 0 amide bonds. The first-order valence-electron chi connectivity index (χ1n) is 10.3. The van der Waals surface area contributed by atoms with Crippen LogP contribution in [-0.2, 0) is 11.8 Å². The molecule has 0 unspecified atom stereocenters. The van der Waals surface area contributed by atoms with Gasteiger partial charge in [0.1, 0.15) is 5.82 Å². The number of nitrogens with two attached hydrogens (primary N) is 1. The van der Waals surface area contributed by atoms with Gasteiger partial charge in [-0.25, -0.2) is 4.98 Å². The molecule has 0 bridgehead atoms. The van der Waals surface area contributed by atoms with E-state index in [9.17, 15) is 0 Å². The monoisotopic (exact) mass is 343 g/mol. The predicted octanol–water partition coefficient (Wildman–Crippen LogP) is 3.13. The Morgan fingerprint density at radius 3 is 2.52 bits per heavy atom. The van der Waals surface area contributed by atoms with Crippen LogP contribution in [0.5, 0.6) is 0 Å². The molecular formula is C20H33N5. The van der Waals surface area contributed by atoms with E-state index in [4.69, 9.17) is 10.7 Å². The summed E-state index contributed by atoms with van der Waals surface area (Å²) >= 11 is 0. The highest BCUT2D eigenvalue weighted by Crippen LogP contribution is 2.49. The van der Waals surface area contributed by atoms with Crippen LogP contribution in [-0.4, -0.2) is 48.1 Å². The van der Waals surface area contributed by atoms with Gasteiger partial charge in [0.2, 0.25) is 5.95 Å². The van der Waals surface area contributed by atoms with Crippen LogP contribution in [0.3, 0.4) is 0 Å². The fraction of sp³-hybridized carbons (Fsp3) is 0.800. The molecule has 1 aromatic rings. The molecule has 1 saturated heterocycles. The molecule has 3 aliphatic rings. The number of nitrogens with zero attached hydrogens (tertiary/aromatic N) is 4. The summed E-state index contributed by atoms with van der Waals surface area (Å²) in [6.45, 7) is 4.81. The zero-order valence-corrected chi connectivity index (χ0v) is 15.8. The molecule has 138 valence electrons. The minimum Gasteiger partial charge on any atom is -0.368 e. The van der Waals surface area contributed by atoms with Gasteiger partial charge in [-0.2, -0.15) is 4.98 Å². The Balaban J connectivity index is 1.52. The van der Waals surface area contributed by atoms with Crippen molar-refractivity contribution < 1.29 is 0 Å². The first kappa shape index (κ1) is 17.1. The van der Waals surface area contributed by atoms with Crippen LogP contribution in [0.25, 0.3) is 0 Å². The van der Waals surface area contributed by atoms with E-state index < -0.39 is 0 Å². The fourth-order valence-corrected chi connectivity index (χ4v) is 5.38. The summed E-state index contributed by atoms with van der Waals surface area (Å²) in [5.41, 5.74) is 9.13. The smallest absolute Gasteiger partial charge is 0.222 e. The minimum absolute atomic E-state index is 0.301. The summed E-state index contributed by atoms with van der Waals surface area (Å²) in [6, 6.07) is 0. The van der Waals surface area contributed by atoms with E-state index in [-0.39, 0.29) is 0 Å². The molecule has 5 heteroatoms. The highest BCUT2D eigenvalue weighted by atomic mass is 15.2. The molecule has 2 aliphatic carbocycles. The molecule has 2 fully saturated rings. The van der Waals surface area contributed by atoms with Gasteiger partial charge >= 0.3 is 0 Å². The largest absolute Gasteiger partial charge is 0.368 e. The summed E-state index contributed by atoms with van der Waals surface area (Å²) in [5, 5.41) is 0. The van der Waals surface area contributed by atoms with E-state index >= 15 is 0 Å². The molecule has 4 rings (SSSR count). The zero-order chi connectivity index (χ0) is 17.3. The van der Waals surface area contributed by atoms with Crippen molar-refractivity contribution in [3.05, 3.63) is 11.3 Å². The number of aromatic nitrogens is 2. The number of fused-ring (bicyclic) bond motifs is 2. The molecule has 0 atom stereocenters. The van der Waals surface area contributed by atoms with Gasteiger partial charge in [-0.05, 0) is 71.0 Å².